The fourth-order valence-electron chi connectivity index (χ4n) is 1.52. The van der Waals surface area contributed by atoms with Gasteiger partial charge in [-0.1, -0.05) is 4.73 Å². The summed E-state index contributed by atoms with van der Waals surface area (Å²) in [7, 11) is 0. The molecule has 0 saturated heterocycles. The average Bonchev–Trinajstić information content (AvgIpc) is 2.25. The zero-order valence-corrected chi connectivity index (χ0v) is 8.58. The van der Waals surface area contributed by atoms with Crippen LogP contribution in [0.15, 0.2) is 21.7 Å². The van der Waals surface area contributed by atoms with Gasteiger partial charge in [-0.3, -0.25) is 4.79 Å². The lowest BCUT2D eigenvalue weighted by Crippen LogP contribution is -2.33. The monoisotopic (exact) mass is 261 g/mol. The van der Waals surface area contributed by atoms with Gasteiger partial charge in [-0.05, 0) is 12.1 Å². The molecular weight excluding hydrogens is 255 g/mol. The van der Waals surface area contributed by atoms with Crippen LogP contribution in [0.2, 0.25) is 0 Å². The molecule has 0 unspecified atom stereocenters. The van der Waals surface area contributed by atoms with E-state index in [1.807, 2.05) is 4.98 Å². The third-order valence-electron chi connectivity index (χ3n) is 2.35. The molecule has 0 bridgehead atoms. The topological polar surface area (TPSA) is 101 Å². The maximum Gasteiger partial charge on any atom is 0.418 e. The number of nitrogens with two attached hydrogens (primary N) is 1. The molecule has 1 aromatic carbocycles. The number of H-pyrrole nitrogens is 1. The molecule has 2 rings (SSSR count). The zero-order valence-electron chi connectivity index (χ0n) is 8.58. The van der Waals surface area contributed by atoms with Crippen molar-refractivity contribution in [2.75, 3.05) is 5.73 Å². The van der Waals surface area contributed by atoms with Crippen molar-refractivity contribution in [3.05, 3.63) is 38.5 Å². The molecule has 0 fully saturated rings. The summed E-state index contributed by atoms with van der Waals surface area (Å²) in [6.07, 6.45) is -4.71. The number of anilines is 1. The molecule has 6 nitrogen and oxygen atoms in total. The maximum atomic E-state index is 12.6. The predicted molar refractivity (Wildman–Crippen MR) is 55.4 cm³/mol. The van der Waals surface area contributed by atoms with Crippen LogP contribution in [0.1, 0.15) is 5.56 Å². The minimum atomic E-state index is -4.71. The Kier molecular flexibility index (Phi) is 2.35. The number of hydrogen-bond donors (Lipinski definition) is 3. The van der Waals surface area contributed by atoms with E-state index in [9.17, 15) is 22.8 Å². The van der Waals surface area contributed by atoms with Gasteiger partial charge in [0.1, 0.15) is 0 Å². The molecule has 96 valence electrons. The fourth-order valence-corrected chi connectivity index (χ4v) is 1.52. The van der Waals surface area contributed by atoms with E-state index in [4.69, 9.17) is 10.9 Å². The normalized spacial score (nSPS) is 11.9. The van der Waals surface area contributed by atoms with E-state index < -0.39 is 28.7 Å². The maximum absolute atomic E-state index is 12.6. The molecular formula is C9H6F3N3O3. The average molecular weight is 261 g/mol. The van der Waals surface area contributed by atoms with Gasteiger partial charge in [-0.25, -0.2) is 4.79 Å². The van der Waals surface area contributed by atoms with E-state index in [0.29, 0.717) is 6.07 Å². The van der Waals surface area contributed by atoms with Crippen LogP contribution in [0.4, 0.5) is 18.9 Å². The highest BCUT2D eigenvalue weighted by Crippen LogP contribution is 2.34. The summed E-state index contributed by atoms with van der Waals surface area (Å²) in [6.45, 7) is 0. The Morgan fingerprint density at radius 3 is 2.44 bits per heavy atom. The van der Waals surface area contributed by atoms with Gasteiger partial charge >= 0.3 is 11.9 Å². The molecule has 0 radical (unpaired) electrons. The van der Waals surface area contributed by atoms with Gasteiger partial charge in [-0.15, -0.1) is 0 Å². The van der Waals surface area contributed by atoms with Crippen molar-refractivity contribution in [2.45, 2.75) is 6.18 Å². The largest absolute Gasteiger partial charge is 0.421 e. The van der Waals surface area contributed by atoms with E-state index in [-0.39, 0.29) is 15.6 Å². The first-order valence-corrected chi connectivity index (χ1v) is 4.57. The number of rotatable bonds is 0. The lowest BCUT2D eigenvalue weighted by Gasteiger charge is -2.10. The van der Waals surface area contributed by atoms with E-state index in [0.717, 1.165) is 6.07 Å². The molecule has 2 aromatic rings. The summed E-state index contributed by atoms with van der Waals surface area (Å²) in [5, 5.41) is 8.70. The summed E-state index contributed by atoms with van der Waals surface area (Å²) < 4.78 is 37.4. The van der Waals surface area contributed by atoms with Crippen molar-refractivity contribution in [2.24, 2.45) is 0 Å². The predicted octanol–water partition coefficient (Wildman–Crippen LogP) is 0.528. The SMILES string of the molecule is Nc1cc2c(=O)n(O)c(=O)[nH]c2cc1C(F)(F)F. The van der Waals surface area contributed by atoms with Crippen LogP contribution in [-0.4, -0.2) is 14.9 Å². The Labute approximate surface area is 96.0 Å². The molecule has 4 N–H and O–H groups in total. The van der Waals surface area contributed by atoms with Crippen LogP contribution < -0.4 is 17.0 Å². The van der Waals surface area contributed by atoms with E-state index in [1.54, 1.807) is 0 Å². The van der Waals surface area contributed by atoms with Gasteiger partial charge in [-0.2, -0.15) is 13.2 Å². The number of nitrogens with zero attached hydrogens (tertiary/aromatic N) is 1. The molecule has 1 aromatic heterocycles. The summed E-state index contributed by atoms with van der Waals surface area (Å²) in [5.41, 5.74) is 0.629. The summed E-state index contributed by atoms with van der Waals surface area (Å²) in [6, 6.07) is 1.30. The first-order valence-electron chi connectivity index (χ1n) is 4.57. The molecule has 0 amide bonds. The Morgan fingerprint density at radius 1 is 1.28 bits per heavy atom. The van der Waals surface area contributed by atoms with Gasteiger partial charge in [0.2, 0.25) is 0 Å². The van der Waals surface area contributed by atoms with Crippen LogP contribution in [0.25, 0.3) is 10.9 Å². The Bertz CT molecular complexity index is 745. The third kappa shape index (κ3) is 1.69. The summed E-state index contributed by atoms with van der Waals surface area (Å²) >= 11 is 0. The molecule has 0 saturated carbocycles. The van der Waals surface area contributed by atoms with Gasteiger partial charge in [0, 0.05) is 5.69 Å². The Balaban J connectivity index is 2.94. The number of nitrogens with one attached hydrogen (secondary N) is 1. The highest BCUT2D eigenvalue weighted by Gasteiger charge is 2.33. The molecule has 0 spiro atoms. The number of aromatic amines is 1. The van der Waals surface area contributed by atoms with Crippen molar-refractivity contribution < 1.29 is 18.4 Å². The van der Waals surface area contributed by atoms with Crippen molar-refractivity contribution in [3.63, 3.8) is 0 Å². The molecule has 18 heavy (non-hydrogen) atoms. The third-order valence-corrected chi connectivity index (χ3v) is 2.35. The quantitative estimate of drug-likeness (QED) is 0.475. The molecule has 0 atom stereocenters. The highest BCUT2D eigenvalue weighted by molar-refractivity contribution is 5.82. The van der Waals surface area contributed by atoms with Gasteiger partial charge in [0.15, 0.2) is 0 Å². The standard InChI is InChI=1S/C9H6F3N3O3/c10-9(11,12)4-2-6-3(1-5(4)13)7(16)15(18)8(17)14-6/h1-2,18H,13H2,(H,14,17). The molecule has 0 aliphatic carbocycles. The number of fused-ring (bicyclic) bond motifs is 1. The lowest BCUT2D eigenvalue weighted by atomic mass is 10.1. The van der Waals surface area contributed by atoms with Crippen LogP contribution in [0, 0.1) is 0 Å². The van der Waals surface area contributed by atoms with Crippen molar-refractivity contribution >= 4 is 16.6 Å². The van der Waals surface area contributed by atoms with Crippen molar-refractivity contribution in [1.29, 1.82) is 0 Å². The number of hydrogen-bond acceptors (Lipinski definition) is 4. The minimum absolute atomic E-state index is 0.241. The summed E-state index contributed by atoms with van der Waals surface area (Å²) in [5.74, 6) is 0. The zero-order chi connectivity index (χ0) is 13.7. The van der Waals surface area contributed by atoms with Crippen LogP contribution >= 0.6 is 0 Å². The van der Waals surface area contributed by atoms with Crippen LogP contribution in [-0.2, 0) is 6.18 Å². The summed E-state index contributed by atoms with van der Waals surface area (Å²) in [4.78, 5) is 24.4. The van der Waals surface area contributed by atoms with Gasteiger partial charge in [0.05, 0.1) is 16.5 Å². The molecule has 0 aliphatic rings. The Hall–Kier alpha value is -2.45. The van der Waals surface area contributed by atoms with E-state index in [1.165, 1.54) is 0 Å². The molecule has 1 heterocycles. The number of nitrogen functional groups attached to an aromatic ring is 1. The minimum Gasteiger partial charge on any atom is -0.421 e. The molecule has 9 heteroatoms. The highest BCUT2D eigenvalue weighted by atomic mass is 19.4. The van der Waals surface area contributed by atoms with Crippen LogP contribution in [0.5, 0.6) is 0 Å². The number of halogens is 3. The Morgan fingerprint density at radius 2 is 1.89 bits per heavy atom. The first kappa shape index (κ1) is 12.0. The number of aromatic nitrogens is 2. The van der Waals surface area contributed by atoms with E-state index in [2.05, 4.69) is 0 Å². The van der Waals surface area contributed by atoms with Crippen molar-refractivity contribution in [3.8, 4) is 0 Å². The first-order chi connectivity index (χ1) is 8.21. The lowest BCUT2D eigenvalue weighted by molar-refractivity contribution is -0.136. The fraction of sp³-hybridized carbons (Fsp3) is 0.111. The van der Waals surface area contributed by atoms with E-state index >= 15 is 0 Å². The second-order valence-electron chi connectivity index (χ2n) is 3.53. The van der Waals surface area contributed by atoms with Crippen LogP contribution in [0.3, 0.4) is 0 Å². The molecule has 0 aliphatic heterocycles. The van der Waals surface area contributed by atoms with Gasteiger partial charge in [0.25, 0.3) is 5.56 Å². The van der Waals surface area contributed by atoms with Gasteiger partial charge < -0.3 is 15.9 Å². The number of alkyl halides is 3. The number of benzene rings is 1. The second-order valence-corrected chi connectivity index (χ2v) is 3.53. The van der Waals surface area contributed by atoms with Crippen molar-refractivity contribution in [1.82, 2.24) is 9.71 Å². The smallest absolute Gasteiger partial charge is 0.418 e. The second kappa shape index (κ2) is 3.52.